The zero-order chi connectivity index (χ0) is 19.2. The molecule has 3 aliphatic rings. The fourth-order valence-electron chi connectivity index (χ4n) is 5.13. The van der Waals surface area contributed by atoms with Crippen LogP contribution in [0.1, 0.15) is 45.2 Å². The maximum atomic E-state index is 12.1. The van der Waals surface area contributed by atoms with Crippen molar-refractivity contribution in [3.63, 3.8) is 0 Å². The molecule has 0 radical (unpaired) electrons. The predicted molar refractivity (Wildman–Crippen MR) is 105 cm³/mol. The number of aromatic hydroxyl groups is 1. The quantitative estimate of drug-likeness (QED) is 0.658. The molecule has 1 N–H and O–H groups in total. The van der Waals surface area contributed by atoms with Gasteiger partial charge < -0.3 is 14.5 Å². The zero-order valence-corrected chi connectivity index (χ0v) is 16.2. The molecule has 0 fully saturated rings. The normalized spacial score (nSPS) is 24.8. The number of rotatable bonds is 3. The molecule has 1 aromatic heterocycles. The lowest BCUT2D eigenvalue weighted by Crippen LogP contribution is -2.39. The second-order valence-electron chi connectivity index (χ2n) is 8.77. The van der Waals surface area contributed by atoms with Crippen molar-refractivity contribution in [3.8, 4) is 5.75 Å². The Hall–Kier alpha value is -2.14. The number of allylic oxidation sites excluding steroid dienone is 3. The molecule has 0 aromatic carbocycles. The highest BCUT2D eigenvalue weighted by atomic mass is 16.3. The van der Waals surface area contributed by atoms with E-state index in [1.54, 1.807) is 0 Å². The first kappa shape index (κ1) is 18.2. The Morgan fingerprint density at radius 2 is 2.15 bits per heavy atom. The van der Waals surface area contributed by atoms with Crippen LogP contribution in [0.25, 0.3) is 0 Å². The number of carbonyl (C=O) groups excluding carboxylic acids is 1. The van der Waals surface area contributed by atoms with Gasteiger partial charge in [-0.2, -0.15) is 0 Å². The SMILES string of the molecule is CC1(C)CCCC2=C1C(C=O)C(CN1CCn3cc(O)c(=O)cc3C1)=CC2. The highest BCUT2D eigenvalue weighted by Crippen LogP contribution is 2.48. The van der Waals surface area contributed by atoms with Crippen LogP contribution in [0.4, 0.5) is 0 Å². The highest BCUT2D eigenvalue weighted by molar-refractivity contribution is 5.67. The summed E-state index contributed by atoms with van der Waals surface area (Å²) in [5.41, 5.74) is 4.72. The molecule has 4 rings (SSSR count). The molecule has 2 aliphatic carbocycles. The van der Waals surface area contributed by atoms with Crippen LogP contribution < -0.4 is 5.43 Å². The standard InChI is InChI=1S/C22H28N2O3/c1-22(2)7-3-4-15-5-6-16(18(14-25)21(15)22)11-23-8-9-24-13-20(27)19(26)10-17(24)12-23/h6,10,13-14,18,27H,3-5,7-9,11-12H2,1-2H3. The Kier molecular flexibility index (Phi) is 4.58. The van der Waals surface area contributed by atoms with Gasteiger partial charge in [0.15, 0.2) is 5.75 Å². The summed E-state index contributed by atoms with van der Waals surface area (Å²) in [4.78, 5) is 26.1. The third-order valence-electron chi connectivity index (χ3n) is 6.49. The molecule has 27 heavy (non-hydrogen) atoms. The van der Waals surface area contributed by atoms with Gasteiger partial charge in [0.25, 0.3) is 0 Å². The van der Waals surface area contributed by atoms with Gasteiger partial charge in [-0.3, -0.25) is 9.69 Å². The van der Waals surface area contributed by atoms with Crippen LogP contribution >= 0.6 is 0 Å². The molecule has 0 saturated heterocycles. The first-order chi connectivity index (χ1) is 12.9. The van der Waals surface area contributed by atoms with E-state index in [4.69, 9.17) is 0 Å². The number of hydrogen-bond donors (Lipinski definition) is 1. The van der Waals surface area contributed by atoms with E-state index in [9.17, 15) is 14.7 Å². The lowest BCUT2D eigenvalue weighted by molar-refractivity contribution is -0.109. The molecular weight excluding hydrogens is 340 g/mol. The van der Waals surface area contributed by atoms with Crippen LogP contribution in [0.2, 0.25) is 0 Å². The molecule has 0 amide bonds. The topological polar surface area (TPSA) is 62.5 Å². The molecule has 1 unspecified atom stereocenters. The van der Waals surface area contributed by atoms with Gasteiger partial charge >= 0.3 is 0 Å². The van der Waals surface area contributed by atoms with Gasteiger partial charge in [-0.05, 0) is 36.7 Å². The summed E-state index contributed by atoms with van der Waals surface area (Å²) in [6, 6.07) is 1.53. The van der Waals surface area contributed by atoms with Crippen LogP contribution in [-0.4, -0.2) is 33.9 Å². The zero-order valence-electron chi connectivity index (χ0n) is 16.2. The average molecular weight is 368 g/mol. The van der Waals surface area contributed by atoms with Crippen LogP contribution in [0.3, 0.4) is 0 Å². The summed E-state index contributed by atoms with van der Waals surface area (Å²) >= 11 is 0. The number of fused-ring (bicyclic) bond motifs is 1. The van der Waals surface area contributed by atoms with Crippen LogP contribution in [0.15, 0.2) is 39.9 Å². The van der Waals surface area contributed by atoms with E-state index in [1.165, 1.54) is 35.4 Å². The minimum atomic E-state index is -0.329. The predicted octanol–water partition coefficient (Wildman–Crippen LogP) is 3.02. The molecule has 1 atom stereocenters. The van der Waals surface area contributed by atoms with Gasteiger partial charge in [-0.15, -0.1) is 0 Å². The molecule has 2 heterocycles. The van der Waals surface area contributed by atoms with Crippen LogP contribution in [0.5, 0.6) is 5.75 Å². The Bertz CT molecular complexity index is 891. The number of hydrogen-bond acceptors (Lipinski definition) is 4. The van der Waals surface area contributed by atoms with Crippen molar-refractivity contribution in [2.45, 2.75) is 52.6 Å². The summed E-state index contributed by atoms with van der Waals surface area (Å²) in [5, 5.41) is 9.63. The Balaban J connectivity index is 1.55. The minimum Gasteiger partial charge on any atom is -0.503 e. The molecule has 0 spiro atoms. The van der Waals surface area contributed by atoms with E-state index in [0.717, 1.165) is 50.9 Å². The molecule has 144 valence electrons. The van der Waals surface area contributed by atoms with Crippen molar-refractivity contribution in [1.29, 1.82) is 0 Å². The lowest BCUT2D eigenvalue weighted by atomic mass is 9.64. The van der Waals surface area contributed by atoms with Crippen LogP contribution in [0, 0.1) is 11.3 Å². The maximum Gasteiger partial charge on any atom is 0.223 e. The Morgan fingerprint density at radius 3 is 2.93 bits per heavy atom. The molecular formula is C22H28N2O3. The third-order valence-corrected chi connectivity index (χ3v) is 6.49. The number of pyridine rings is 1. The fourth-order valence-corrected chi connectivity index (χ4v) is 5.13. The summed E-state index contributed by atoms with van der Waals surface area (Å²) < 4.78 is 1.95. The summed E-state index contributed by atoms with van der Waals surface area (Å²) in [6.45, 7) is 7.54. The van der Waals surface area contributed by atoms with Crippen molar-refractivity contribution in [2.75, 3.05) is 13.1 Å². The molecule has 1 aliphatic heterocycles. The largest absolute Gasteiger partial charge is 0.503 e. The van der Waals surface area contributed by atoms with Gasteiger partial charge in [0.05, 0.1) is 12.1 Å². The Labute approximate surface area is 160 Å². The monoisotopic (exact) mass is 368 g/mol. The summed E-state index contributed by atoms with van der Waals surface area (Å²) in [7, 11) is 0. The van der Waals surface area contributed by atoms with E-state index in [1.807, 2.05) is 4.57 Å². The second kappa shape index (κ2) is 6.79. The van der Waals surface area contributed by atoms with Crippen molar-refractivity contribution in [1.82, 2.24) is 9.47 Å². The van der Waals surface area contributed by atoms with Gasteiger partial charge in [0, 0.05) is 37.9 Å². The van der Waals surface area contributed by atoms with Gasteiger partial charge in [0.2, 0.25) is 5.43 Å². The Morgan fingerprint density at radius 1 is 1.33 bits per heavy atom. The van der Waals surface area contributed by atoms with E-state index in [0.29, 0.717) is 6.54 Å². The lowest BCUT2D eigenvalue weighted by Gasteiger charge is -2.42. The highest BCUT2D eigenvalue weighted by Gasteiger charge is 2.38. The van der Waals surface area contributed by atoms with E-state index < -0.39 is 0 Å². The maximum absolute atomic E-state index is 12.1. The first-order valence-electron chi connectivity index (χ1n) is 9.90. The van der Waals surface area contributed by atoms with Crippen LogP contribution in [-0.2, 0) is 17.9 Å². The average Bonchev–Trinajstić information content (AvgIpc) is 2.63. The summed E-state index contributed by atoms with van der Waals surface area (Å²) in [6.07, 6.45) is 9.38. The van der Waals surface area contributed by atoms with Crippen molar-refractivity contribution >= 4 is 6.29 Å². The van der Waals surface area contributed by atoms with Crippen molar-refractivity contribution < 1.29 is 9.90 Å². The number of aldehydes is 1. The van der Waals surface area contributed by atoms with Crippen molar-refractivity contribution in [3.05, 3.63) is 51.0 Å². The van der Waals surface area contributed by atoms with E-state index >= 15 is 0 Å². The minimum absolute atomic E-state index is 0.0952. The van der Waals surface area contributed by atoms with Crippen molar-refractivity contribution in [2.24, 2.45) is 11.3 Å². The van der Waals surface area contributed by atoms with Gasteiger partial charge in [-0.25, -0.2) is 0 Å². The van der Waals surface area contributed by atoms with Gasteiger partial charge in [0.1, 0.15) is 6.29 Å². The molecule has 0 saturated carbocycles. The van der Waals surface area contributed by atoms with E-state index in [-0.39, 0.29) is 22.5 Å². The first-order valence-corrected chi connectivity index (χ1v) is 9.90. The summed E-state index contributed by atoms with van der Waals surface area (Å²) in [5.74, 6) is -0.296. The second-order valence-corrected chi connectivity index (χ2v) is 8.77. The number of nitrogens with zero attached hydrogens (tertiary/aromatic N) is 2. The smallest absolute Gasteiger partial charge is 0.223 e. The molecule has 5 nitrogen and oxygen atoms in total. The molecule has 1 aromatic rings. The fraction of sp³-hybridized carbons (Fsp3) is 0.545. The van der Waals surface area contributed by atoms with Gasteiger partial charge in [-0.1, -0.05) is 31.1 Å². The third kappa shape index (κ3) is 3.29. The number of aromatic nitrogens is 1. The molecule has 5 heteroatoms. The van der Waals surface area contributed by atoms with E-state index in [2.05, 4.69) is 24.8 Å². The molecule has 0 bridgehead atoms. The number of carbonyl (C=O) groups is 1.